The van der Waals surface area contributed by atoms with Gasteiger partial charge in [0.25, 0.3) is 0 Å². The van der Waals surface area contributed by atoms with Gasteiger partial charge in [-0.25, -0.2) is 18.1 Å². The van der Waals surface area contributed by atoms with Crippen LogP contribution in [0.15, 0.2) is 16.5 Å². The number of nitrogens with one attached hydrogen (secondary N) is 1. The van der Waals surface area contributed by atoms with Crippen LogP contribution in [-0.4, -0.2) is 23.2 Å². The normalized spacial score (nSPS) is 11.9. The maximum absolute atomic E-state index is 12.1. The second-order valence-electron chi connectivity index (χ2n) is 3.94. The van der Waals surface area contributed by atoms with Crippen molar-refractivity contribution in [2.45, 2.75) is 31.8 Å². The molecule has 7 nitrogen and oxygen atoms in total. The van der Waals surface area contributed by atoms with Crippen molar-refractivity contribution >= 4 is 27.2 Å². The number of hydrogen-bond donors (Lipinski definition) is 2. The summed E-state index contributed by atoms with van der Waals surface area (Å²) in [7, 11) is -3.66. The van der Waals surface area contributed by atoms with Gasteiger partial charge in [0.2, 0.25) is 10.0 Å². The lowest BCUT2D eigenvalue weighted by Crippen LogP contribution is -2.23. The monoisotopic (exact) mass is 301 g/mol. The third-order valence-electron chi connectivity index (χ3n) is 2.45. The minimum Gasteiger partial charge on any atom is -0.381 e. The average Bonchev–Trinajstić information content (AvgIpc) is 2.93. The number of nitrogens with two attached hydrogens (primary N) is 1. The van der Waals surface area contributed by atoms with Gasteiger partial charge in [-0.2, -0.15) is 5.10 Å². The lowest BCUT2D eigenvalue weighted by Gasteiger charge is -2.03. The first-order valence-electron chi connectivity index (χ1n) is 5.66. The molecule has 9 heteroatoms. The Labute approximate surface area is 115 Å². The average molecular weight is 301 g/mol. The van der Waals surface area contributed by atoms with Crippen molar-refractivity contribution in [3.05, 3.63) is 22.3 Å². The van der Waals surface area contributed by atoms with Crippen LogP contribution in [-0.2, 0) is 23.1 Å². The molecule has 104 valence electrons. The van der Waals surface area contributed by atoms with Gasteiger partial charge >= 0.3 is 0 Å². The Bertz CT molecular complexity index is 674. The van der Waals surface area contributed by atoms with Gasteiger partial charge in [-0.1, -0.05) is 0 Å². The van der Waals surface area contributed by atoms with E-state index >= 15 is 0 Å². The van der Waals surface area contributed by atoms with E-state index in [1.54, 1.807) is 0 Å². The van der Waals surface area contributed by atoms with E-state index in [2.05, 4.69) is 14.8 Å². The highest BCUT2D eigenvalue weighted by molar-refractivity contribution is 7.89. The van der Waals surface area contributed by atoms with Gasteiger partial charge < -0.3 is 5.73 Å². The molecule has 0 atom stereocenters. The Morgan fingerprint density at radius 1 is 1.53 bits per heavy atom. The molecule has 0 aliphatic carbocycles. The minimum absolute atomic E-state index is 0.00243. The topological polar surface area (TPSA) is 103 Å². The fraction of sp³-hybridized carbons (Fsp3) is 0.400. The summed E-state index contributed by atoms with van der Waals surface area (Å²) in [4.78, 5) is 4.19. The van der Waals surface area contributed by atoms with Gasteiger partial charge in [0.15, 0.2) is 5.82 Å². The molecule has 0 radical (unpaired) electrons. The Morgan fingerprint density at radius 2 is 2.26 bits per heavy atom. The molecular formula is C10H15N5O2S2. The predicted molar refractivity (Wildman–Crippen MR) is 73.2 cm³/mol. The number of sulfonamides is 1. The van der Waals surface area contributed by atoms with Gasteiger partial charge in [-0.05, 0) is 13.8 Å². The maximum atomic E-state index is 12.1. The fourth-order valence-corrected chi connectivity index (χ4v) is 3.37. The number of nitrogens with zero attached hydrogens (tertiary/aromatic N) is 3. The zero-order chi connectivity index (χ0) is 14.0. The first kappa shape index (κ1) is 14.0. The molecule has 2 aromatic rings. The Hall–Kier alpha value is -1.45. The van der Waals surface area contributed by atoms with Crippen molar-refractivity contribution in [3.63, 3.8) is 0 Å². The second-order valence-corrected chi connectivity index (χ2v) is 6.62. The van der Waals surface area contributed by atoms with E-state index in [0.29, 0.717) is 11.6 Å². The fourth-order valence-electron chi connectivity index (χ4n) is 1.51. The van der Waals surface area contributed by atoms with Crippen LogP contribution in [0, 0.1) is 6.92 Å². The Balaban J connectivity index is 2.15. The smallest absolute Gasteiger partial charge is 0.246 e. The van der Waals surface area contributed by atoms with Gasteiger partial charge in [0.05, 0.1) is 6.54 Å². The molecule has 0 saturated heterocycles. The van der Waals surface area contributed by atoms with Crippen molar-refractivity contribution in [2.24, 2.45) is 0 Å². The van der Waals surface area contributed by atoms with E-state index in [1.807, 2.05) is 19.2 Å². The van der Waals surface area contributed by atoms with Gasteiger partial charge in [-0.3, -0.25) is 4.68 Å². The van der Waals surface area contributed by atoms with Crippen molar-refractivity contribution in [3.8, 4) is 0 Å². The lowest BCUT2D eigenvalue weighted by molar-refractivity contribution is 0.581. The van der Waals surface area contributed by atoms with Crippen LogP contribution in [0.5, 0.6) is 0 Å². The molecular weight excluding hydrogens is 286 g/mol. The summed E-state index contributed by atoms with van der Waals surface area (Å²) in [6.45, 7) is 4.43. The quantitative estimate of drug-likeness (QED) is 0.847. The van der Waals surface area contributed by atoms with E-state index in [9.17, 15) is 8.42 Å². The maximum Gasteiger partial charge on any atom is 0.246 e. The van der Waals surface area contributed by atoms with Crippen LogP contribution < -0.4 is 10.5 Å². The molecule has 0 fully saturated rings. The van der Waals surface area contributed by atoms with Crippen LogP contribution in [0.25, 0.3) is 0 Å². The molecule has 0 aliphatic heterocycles. The van der Waals surface area contributed by atoms with Crippen molar-refractivity contribution in [2.75, 3.05) is 5.73 Å². The number of nitrogen functional groups attached to an aromatic ring is 1. The summed E-state index contributed by atoms with van der Waals surface area (Å²) in [5.41, 5.74) is 6.48. The molecule has 0 amide bonds. The van der Waals surface area contributed by atoms with E-state index in [0.717, 1.165) is 5.69 Å². The summed E-state index contributed by atoms with van der Waals surface area (Å²) in [6.07, 6.45) is 1.42. The molecule has 19 heavy (non-hydrogen) atoms. The Kier molecular flexibility index (Phi) is 3.88. The highest BCUT2D eigenvalue weighted by atomic mass is 32.2. The highest BCUT2D eigenvalue weighted by Gasteiger charge is 2.21. The molecule has 0 aliphatic rings. The van der Waals surface area contributed by atoms with Crippen molar-refractivity contribution < 1.29 is 8.42 Å². The van der Waals surface area contributed by atoms with Crippen LogP contribution in [0.2, 0.25) is 0 Å². The zero-order valence-electron chi connectivity index (χ0n) is 10.6. The third-order valence-corrected chi connectivity index (χ3v) is 4.83. The number of aromatic nitrogens is 3. The van der Waals surface area contributed by atoms with Crippen LogP contribution >= 0.6 is 11.3 Å². The van der Waals surface area contributed by atoms with E-state index in [1.165, 1.54) is 22.2 Å². The molecule has 0 spiro atoms. The van der Waals surface area contributed by atoms with E-state index in [-0.39, 0.29) is 17.3 Å². The van der Waals surface area contributed by atoms with Gasteiger partial charge in [0.1, 0.15) is 9.90 Å². The molecule has 0 bridgehead atoms. The summed E-state index contributed by atoms with van der Waals surface area (Å²) < 4.78 is 28.1. The predicted octanol–water partition coefficient (Wildman–Crippen LogP) is 0.729. The largest absolute Gasteiger partial charge is 0.381 e. The van der Waals surface area contributed by atoms with Gasteiger partial charge in [0, 0.05) is 23.8 Å². The summed E-state index contributed by atoms with van der Waals surface area (Å²) in [5.74, 6) is 0.00432. The third kappa shape index (κ3) is 3.11. The van der Waals surface area contributed by atoms with Crippen LogP contribution in [0.4, 0.5) is 5.82 Å². The summed E-state index contributed by atoms with van der Waals surface area (Å²) in [5, 5.41) is 6.50. The molecule has 2 rings (SSSR count). The first-order chi connectivity index (χ1) is 8.92. The van der Waals surface area contributed by atoms with Crippen LogP contribution in [0.1, 0.15) is 17.6 Å². The molecule has 2 aromatic heterocycles. The first-order valence-corrected chi connectivity index (χ1v) is 8.02. The molecule has 2 heterocycles. The summed E-state index contributed by atoms with van der Waals surface area (Å²) >= 11 is 1.41. The van der Waals surface area contributed by atoms with E-state index in [4.69, 9.17) is 5.73 Å². The standard InChI is InChI=1S/C10H15N5O2S2/c1-3-15-5-8(10(11)14-15)19(16,17)12-4-9-13-7(2)6-18-9/h5-6,12H,3-4H2,1-2H3,(H2,11,14). The molecule has 0 unspecified atom stereocenters. The Morgan fingerprint density at radius 3 is 2.79 bits per heavy atom. The second kappa shape index (κ2) is 5.27. The number of rotatable bonds is 5. The molecule has 3 N–H and O–H groups in total. The molecule has 0 aromatic carbocycles. The highest BCUT2D eigenvalue weighted by Crippen LogP contribution is 2.17. The number of hydrogen-bond acceptors (Lipinski definition) is 6. The van der Waals surface area contributed by atoms with Gasteiger partial charge in [-0.15, -0.1) is 11.3 Å². The zero-order valence-corrected chi connectivity index (χ0v) is 12.3. The number of aryl methyl sites for hydroxylation is 2. The number of thiazole rings is 1. The van der Waals surface area contributed by atoms with Crippen LogP contribution in [0.3, 0.4) is 0 Å². The lowest BCUT2D eigenvalue weighted by atomic mass is 10.6. The van der Waals surface area contributed by atoms with Crippen molar-refractivity contribution in [1.82, 2.24) is 19.5 Å². The minimum atomic E-state index is -3.66. The van der Waals surface area contributed by atoms with Crippen molar-refractivity contribution in [1.29, 1.82) is 0 Å². The summed E-state index contributed by atoms with van der Waals surface area (Å²) in [6, 6.07) is 0. The molecule has 0 saturated carbocycles. The van der Waals surface area contributed by atoms with E-state index < -0.39 is 10.0 Å². The SMILES string of the molecule is CCn1cc(S(=O)(=O)NCc2nc(C)cs2)c(N)n1. The number of anilines is 1.